The minimum Gasteiger partial charge on any atom is -0.334 e. The van der Waals surface area contributed by atoms with Crippen molar-refractivity contribution >= 4 is 12.0 Å². The topological polar surface area (TPSA) is 64.8 Å². The number of hydrogen-bond acceptors (Lipinski definition) is 3. The smallest absolute Gasteiger partial charge is 0.188 e. The molecular formula is C6H6N4. The lowest BCUT2D eigenvalue weighted by atomic mass is 10.5. The average Bonchev–Trinajstić information content (AvgIpc) is 2.36. The van der Waals surface area contributed by atoms with Crippen LogP contribution in [0.1, 0.15) is 12.6 Å². The third kappa shape index (κ3) is 1.03. The van der Waals surface area contributed by atoms with Crippen LogP contribution >= 0.6 is 0 Å². The first-order chi connectivity index (χ1) is 4.88. The van der Waals surface area contributed by atoms with E-state index < -0.39 is 0 Å². The summed E-state index contributed by atoms with van der Waals surface area (Å²) < 4.78 is 0. The molecule has 0 unspecified atom stereocenters. The predicted octanol–water partition coefficient (Wildman–Crippen LogP) is 1.00. The van der Waals surface area contributed by atoms with Crippen molar-refractivity contribution in [3.63, 3.8) is 0 Å². The Morgan fingerprint density at radius 2 is 2.70 bits per heavy atom. The number of imidazole rings is 1. The van der Waals surface area contributed by atoms with Crippen LogP contribution in [-0.4, -0.2) is 16.2 Å². The number of aliphatic imine (C=N–C) groups is 1. The molecule has 4 nitrogen and oxygen atoms in total. The molecule has 0 aromatic carbocycles. The third-order valence-corrected chi connectivity index (χ3v) is 0.983. The first kappa shape index (κ1) is 6.49. The normalized spacial score (nSPS) is 10.0. The Morgan fingerprint density at radius 1 is 1.90 bits per heavy atom. The number of hydrogen-bond donors (Lipinski definition) is 1. The van der Waals surface area contributed by atoms with Gasteiger partial charge in [0.2, 0.25) is 0 Å². The quantitative estimate of drug-likeness (QED) is 0.582. The van der Waals surface area contributed by atoms with Gasteiger partial charge in [0.05, 0.1) is 6.33 Å². The number of aromatic amines is 1. The summed E-state index contributed by atoms with van der Waals surface area (Å²) in [5.74, 6) is 0.449. The van der Waals surface area contributed by atoms with Crippen LogP contribution in [0.2, 0.25) is 0 Å². The maximum Gasteiger partial charge on any atom is 0.188 e. The highest BCUT2D eigenvalue weighted by molar-refractivity contribution is 5.60. The zero-order valence-corrected chi connectivity index (χ0v) is 5.50. The SMILES string of the molecule is CC=Nc1nc[nH]c1C#N. The maximum absolute atomic E-state index is 8.44. The first-order valence-corrected chi connectivity index (χ1v) is 2.80. The van der Waals surface area contributed by atoms with Gasteiger partial charge in [-0.05, 0) is 6.92 Å². The van der Waals surface area contributed by atoms with E-state index in [1.807, 2.05) is 6.07 Å². The molecule has 1 aromatic heterocycles. The number of aromatic nitrogens is 2. The Bertz CT molecular complexity index is 278. The Kier molecular flexibility index (Phi) is 1.80. The molecule has 0 fully saturated rings. The van der Waals surface area contributed by atoms with E-state index in [9.17, 15) is 0 Å². The van der Waals surface area contributed by atoms with Crippen LogP contribution < -0.4 is 0 Å². The van der Waals surface area contributed by atoms with Gasteiger partial charge in [-0.2, -0.15) is 5.26 Å². The molecule has 0 amide bonds. The monoisotopic (exact) mass is 134 g/mol. The van der Waals surface area contributed by atoms with Crippen molar-refractivity contribution in [2.24, 2.45) is 4.99 Å². The molecule has 1 aromatic rings. The fourth-order valence-corrected chi connectivity index (χ4v) is 0.590. The highest BCUT2D eigenvalue weighted by Gasteiger charge is 1.99. The Morgan fingerprint density at radius 3 is 3.30 bits per heavy atom. The summed E-state index contributed by atoms with van der Waals surface area (Å²) in [6.45, 7) is 1.77. The van der Waals surface area contributed by atoms with Crippen LogP contribution in [0.4, 0.5) is 5.82 Å². The summed E-state index contributed by atoms with van der Waals surface area (Å²) >= 11 is 0. The van der Waals surface area contributed by atoms with Crippen LogP contribution in [0, 0.1) is 11.3 Å². The molecule has 10 heavy (non-hydrogen) atoms. The van der Waals surface area contributed by atoms with Gasteiger partial charge in [-0.3, -0.25) is 0 Å². The van der Waals surface area contributed by atoms with Crippen molar-refractivity contribution in [2.45, 2.75) is 6.92 Å². The van der Waals surface area contributed by atoms with Crippen molar-refractivity contribution < 1.29 is 0 Å². The van der Waals surface area contributed by atoms with E-state index in [1.54, 1.807) is 13.1 Å². The summed E-state index contributed by atoms with van der Waals surface area (Å²) in [5.41, 5.74) is 0.401. The number of nitriles is 1. The number of rotatable bonds is 1. The maximum atomic E-state index is 8.44. The molecule has 50 valence electrons. The molecule has 0 saturated carbocycles. The molecule has 0 saturated heterocycles. The first-order valence-electron chi connectivity index (χ1n) is 2.80. The van der Waals surface area contributed by atoms with Crippen molar-refractivity contribution in [3.05, 3.63) is 12.0 Å². The van der Waals surface area contributed by atoms with Gasteiger partial charge in [0, 0.05) is 6.21 Å². The van der Waals surface area contributed by atoms with Crippen molar-refractivity contribution in [3.8, 4) is 6.07 Å². The largest absolute Gasteiger partial charge is 0.334 e. The zero-order valence-electron chi connectivity index (χ0n) is 5.50. The lowest BCUT2D eigenvalue weighted by molar-refractivity contribution is 1.29. The molecule has 0 aliphatic carbocycles. The van der Waals surface area contributed by atoms with Crippen LogP contribution in [0.25, 0.3) is 0 Å². The molecule has 1 N–H and O–H groups in total. The Labute approximate surface area is 58.2 Å². The molecule has 0 spiro atoms. The van der Waals surface area contributed by atoms with E-state index in [2.05, 4.69) is 15.0 Å². The average molecular weight is 134 g/mol. The minimum atomic E-state index is 0.401. The predicted molar refractivity (Wildman–Crippen MR) is 37.1 cm³/mol. The van der Waals surface area contributed by atoms with Crippen LogP contribution in [-0.2, 0) is 0 Å². The Balaban J connectivity index is 3.04. The van der Waals surface area contributed by atoms with Crippen LogP contribution in [0.5, 0.6) is 0 Å². The van der Waals surface area contributed by atoms with Gasteiger partial charge in [-0.1, -0.05) is 0 Å². The molecule has 0 aliphatic rings. The summed E-state index contributed by atoms with van der Waals surface area (Å²) in [4.78, 5) is 10.3. The fraction of sp³-hybridized carbons (Fsp3) is 0.167. The van der Waals surface area contributed by atoms with Gasteiger partial charge in [0.15, 0.2) is 11.5 Å². The summed E-state index contributed by atoms with van der Waals surface area (Å²) in [7, 11) is 0. The summed E-state index contributed by atoms with van der Waals surface area (Å²) in [6.07, 6.45) is 3.04. The highest BCUT2D eigenvalue weighted by Crippen LogP contribution is 2.10. The summed E-state index contributed by atoms with van der Waals surface area (Å²) in [6, 6.07) is 1.93. The molecule has 1 rings (SSSR count). The van der Waals surface area contributed by atoms with E-state index >= 15 is 0 Å². The Hall–Kier alpha value is -1.63. The van der Waals surface area contributed by atoms with E-state index in [0.717, 1.165) is 0 Å². The van der Waals surface area contributed by atoms with Crippen LogP contribution in [0.15, 0.2) is 11.3 Å². The zero-order chi connectivity index (χ0) is 7.40. The number of nitrogens with zero attached hydrogens (tertiary/aromatic N) is 3. The van der Waals surface area contributed by atoms with E-state index in [1.165, 1.54) is 6.33 Å². The second-order valence-electron chi connectivity index (χ2n) is 1.60. The molecule has 0 aliphatic heterocycles. The van der Waals surface area contributed by atoms with Crippen molar-refractivity contribution in [1.82, 2.24) is 9.97 Å². The lowest BCUT2D eigenvalue weighted by Gasteiger charge is -1.80. The van der Waals surface area contributed by atoms with Gasteiger partial charge in [0.25, 0.3) is 0 Å². The fourth-order valence-electron chi connectivity index (χ4n) is 0.590. The molecule has 4 heteroatoms. The molecule has 1 heterocycles. The second kappa shape index (κ2) is 2.78. The van der Waals surface area contributed by atoms with Crippen molar-refractivity contribution in [2.75, 3.05) is 0 Å². The lowest BCUT2D eigenvalue weighted by Crippen LogP contribution is -1.71. The molecule has 0 radical (unpaired) electrons. The molecule has 0 bridgehead atoms. The van der Waals surface area contributed by atoms with Gasteiger partial charge in [-0.15, -0.1) is 0 Å². The van der Waals surface area contributed by atoms with Gasteiger partial charge < -0.3 is 4.98 Å². The van der Waals surface area contributed by atoms with E-state index in [-0.39, 0.29) is 0 Å². The van der Waals surface area contributed by atoms with Gasteiger partial charge >= 0.3 is 0 Å². The number of nitrogens with one attached hydrogen (secondary N) is 1. The van der Waals surface area contributed by atoms with Crippen LogP contribution in [0.3, 0.4) is 0 Å². The van der Waals surface area contributed by atoms with E-state index in [0.29, 0.717) is 11.5 Å². The number of H-pyrrole nitrogens is 1. The molecule has 0 atom stereocenters. The van der Waals surface area contributed by atoms with Crippen molar-refractivity contribution in [1.29, 1.82) is 5.26 Å². The van der Waals surface area contributed by atoms with E-state index in [4.69, 9.17) is 5.26 Å². The second-order valence-corrected chi connectivity index (χ2v) is 1.60. The van der Waals surface area contributed by atoms with Gasteiger partial charge in [0.1, 0.15) is 6.07 Å². The summed E-state index contributed by atoms with van der Waals surface area (Å²) in [5, 5.41) is 8.44. The van der Waals surface area contributed by atoms with Gasteiger partial charge in [-0.25, -0.2) is 9.98 Å². The standard InChI is InChI=1S/C6H6N4/c1-2-8-6-5(3-7)9-4-10-6/h2,4H,1H3,(H,9,10). The molecular weight excluding hydrogens is 128 g/mol. The third-order valence-electron chi connectivity index (χ3n) is 0.983. The highest BCUT2D eigenvalue weighted by atomic mass is 15.0. The minimum absolute atomic E-state index is 0.401.